The van der Waals surface area contributed by atoms with Crippen molar-refractivity contribution < 1.29 is 0 Å². The Hall–Kier alpha value is -1.42. The second-order valence-electron chi connectivity index (χ2n) is 2.68. The van der Waals surface area contributed by atoms with Crippen LogP contribution in [-0.2, 0) is 0 Å². The first kappa shape index (κ1) is 8.19. The number of nitrogens with zero attached hydrogens (tertiary/aromatic N) is 2. The maximum Gasteiger partial charge on any atom is 0.259 e. The number of thiazole rings is 1. The number of hydrogen-bond donors (Lipinski definition) is 0. The van der Waals surface area contributed by atoms with Gasteiger partial charge in [-0.3, -0.25) is 9.36 Å². The minimum absolute atomic E-state index is 0.00236. The molecule has 0 unspecified atom stereocenters. The molecule has 2 aromatic rings. The Balaban J connectivity index is 2.66. The summed E-state index contributed by atoms with van der Waals surface area (Å²) in [6.45, 7) is 1.80. The molecule has 0 saturated carbocycles. The second-order valence-corrected chi connectivity index (χ2v) is 3.55. The fraction of sp³-hybridized carbons (Fsp3) is 0.111. The summed E-state index contributed by atoms with van der Waals surface area (Å²) in [6, 6.07) is 3.64. The molecule has 0 radical (unpaired) electrons. The van der Waals surface area contributed by atoms with Gasteiger partial charge < -0.3 is 0 Å². The van der Waals surface area contributed by atoms with Gasteiger partial charge in [0.25, 0.3) is 5.56 Å². The smallest absolute Gasteiger partial charge is 0.259 e. The molecule has 2 rings (SSSR count). The molecular weight excluding hydrogens is 184 g/mol. The van der Waals surface area contributed by atoms with Crippen LogP contribution in [0.4, 0.5) is 0 Å². The van der Waals surface area contributed by atoms with Gasteiger partial charge in [-0.15, -0.1) is 11.3 Å². The fourth-order valence-electron chi connectivity index (χ4n) is 1.09. The molecule has 2 aromatic heterocycles. The van der Waals surface area contributed by atoms with Crippen LogP contribution >= 0.6 is 11.3 Å². The Morgan fingerprint density at radius 2 is 2.38 bits per heavy atom. The van der Waals surface area contributed by atoms with E-state index in [0.29, 0.717) is 5.13 Å². The van der Waals surface area contributed by atoms with Crippen LogP contribution in [0.2, 0.25) is 0 Å². The molecule has 0 aliphatic carbocycles. The van der Waals surface area contributed by atoms with Crippen LogP contribution in [0.5, 0.6) is 0 Å². The standard InChI is InChI=1S/C9H8N2OS/c1-7-3-2-5-11(8(7)12)9-10-4-6-13-9/h2-6H,1H3. The molecule has 0 bridgehead atoms. The zero-order chi connectivity index (χ0) is 9.26. The molecule has 0 aliphatic heterocycles. The molecule has 0 aliphatic rings. The second kappa shape index (κ2) is 3.14. The van der Waals surface area contributed by atoms with E-state index >= 15 is 0 Å². The average Bonchev–Trinajstić information content (AvgIpc) is 2.62. The van der Waals surface area contributed by atoms with Gasteiger partial charge in [0.05, 0.1) is 0 Å². The summed E-state index contributed by atoms with van der Waals surface area (Å²) in [7, 11) is 0. The lowest BCUT2D eigenvalue weighted by molar-refractivity contribution is 0.955. The number of pyridine rings is 1. The van der Waals surface area contributed by atoms with Gasteiger partial charge in [0, 0.05) is 23.3 Å². The van der Waals surface area contributed by atoms with Gasteiger partial charge in [-0.05, 0) is 13.0 Å². The SMILES string of the molecule is Cc1cccn(-c2nccs2)c1=O. The van der Waals surface area contributed by atoms with Crippen molar-refractivity contribution in [1.29, 1.82) is 0 Å². The van der Waals surface area contributed by atoms with Crippen molar-refractivity contribution in [3.8, 4) is 5.13 Å². The molecule has 66 valence electrons. The van der Waals surface area contributed by atoms with Crippen molar-refractivity contribution in [3.05, 3.63) is 45.8 Å². The predicted molar refractivity (Wildman–Crippen MR) is 52.4 cm³/mol. The van der Waals surface area contributed by atoms with Crippen LogP contribution in [0.1, 0.15) is 5.56 Å². The Morgan fingerprint density at radius 1 is 1.54 bits per heavy atom. The zero-order valence-electron chi connectivity index (χ0n) is 7.10. The monoisotopic (exact) mass is 192 g/mol. The maximum atomic E-state index is 11.6. The number of rotatable bonds is 1. The van der Waals surface area contributed by atoms with E-state index in [-0.39, 0.29) is 5.56 Å². The Bertz CT molecular complexity index is 459. The molecule has 0 saturated heterocycles. The summed E-state index contributed by atoms with van der Waals surface area (Å²) in [6.07, 6.45) is 3.42. The highest BCUT2D eigenvalue weighted by Gasteiger charge is 2.02. The summed E-state index contributed by atoms with van der Waals surface area (Å²) >= 11 is 1.45. The molecule has 0 fully saturated rings. The molecule has 0 amide bonds. The summed E-state index contributed by atoms with van der Waals surface area (Å²) in [5.74, 6) is 0. The van der Waals surface area contributed by atoms with E-state index in [0.717, 1.165) is 5.56 Å². The van der Waals surface area contributed by atoms with Gasteiger partial charge >= 0.3 is 0 Å². The maximum absolute atomic E-state index is 11.6. The van der Waals surface area contributed by atoms with E-state index < -0.39 is 0 Å². The lowest BCUT2D eigenvalue weighted by atomic mass is 10.3. The van der Waals surface area contributed by atoms with Gasteiger partial charge in [-0.25, -0.2) is 4.98 Å². The van der Waals surface area contributed by atoms with Crippen molar-refractivity contribution in [2.24, 2.45) is 0 Å². The summed E-state index contributed by atoms with van der Waals surface area (Å²) in [5, 5.41) is 2.57. The van der Waals surface area contributed by atoms with E-state index in [1.54, 1.807) is 30.0 Å². The van der Waals surface area contributed by atoms with Crippen molar-refractivity contribution >= 4 is 11.3 Å². The lowest BCUT2D eigenvalue weighted by Crippen LogP contribution is -2.18. The van der Waals surface area contributed by atoms with E-state index in [9.17, 15) is 4.79 Å². The summed E-state index contributed by atoms with van der Waals surface area (Å²) in [5.41, 5.74) is 0.732. The molecule has 3 nitrogen and oxygen atoms in total. The van der Waals surface area contributed by atoms with Gasteiger partial charge in [0.15, 0.2) is 5.13 Å². The first-order valence-electron chi connectivity index (χ1n) is 3.87. The van der Waals surface area contributed by atoms with Crippen LogP contribution in [0, 0.1) is 6.92 Å². The molecule has 4 heteroatoms. The topological polar surface area (TPSA) is 34.9 Å². The van der Waals surface area contributed by atoms with Crippen LogP contribution < -0.4 is 5.56 Å². The quantitative estimate of drug-likeness (QED) is 0.688. The third-order valence-electron chi connectivity index (χ3n) is 1.76. The minimum Gasteiger partial charge on any atom is -0.269 e. The largest absolute Gasteiger partial charge is 0.269 e. The number of aromatic nitrogens is 2. The number of aryl methyl sites for hydroxylation is 1. The first-order valence-corrected chi connectivity index (χ1v) is 4.75. The average molecular weight is 192 g/mol. The molecule has 2 heterocycles. The molecular formula is C9H8N2OS. The van der Waals surface area contributed by atoms with Crippen molar-refractivity contribution in [2.45, 2.75) is 6.92 Å². The van der Waals surface area contributed by atoms with Crippen LogP contribution in [0.3, 0.4) is 0 Å². The number of hydrogen-bond acceptors (Lipinski definition) is 3. The summed E-state index contributed by atoms with van der Waals surface area (Å²) in [4.78, 5) is 15.7. The molecule has 0 atom stereocenters. The minimum atomic E-state index is -0.00236. The van der Waals surface area contributed by atoms with Crippen molar-refractivity contribution in [3.63, 3.8) is 0 Å². The van der Waals surface area contributed by atoms with Gasteiger partial charge in [0.1, 0.15) is 0 Å². The predicted octanol–water partition coefficient (Wildman–Crippen LogP) is 1.60. The Morgan fingerprint density at radius 3 is 3.08 bits per heavy atom. The molecule has 0 aromatic carbocycles. The van der Waals surface area contributed by atoms with E-state index in [1.165, 1.54) is 11.3 Å². The summed E-state index contributed by atoms with van der Waals surface area (Å²) < 4.78 is 1.56. The molecule has 0 spiro atoms. The van der Waals surface area contributed by atoms with Gasteiger partial charge in [-0.2, -0.15) is 0 Å². The fourth-order valence-corrected chi connectivity index (χ4v) is 1.71. The van der Waals surface area contributed by atoms with Gasteiger partial charge in [-0.1, -0.05) is 6.07 Å². The first-order chi connectivity index (χ1) is 6.29. The van der Waals surface area contributed by atoms with E-state index in [1.807, 2.05) is 11.4 Å². The molecule has 13 heavy (non-hydrogen) atoms. The lowest BCUT2D eigenvalue weighted by Gasteiger charge is -2.00. The highest BCUT2D eigenvalue weighted by Crippen LogP contribution is 2.07. The van der Waals surface area contributed by atoms with Gasteiger partial charge in [0.2, 0.25) is 0 Å². The Labute approximate surface area is 79.3 Å². The highest BCUT2D eigenvalue weighted by atomic mass is 32.1. The normalized spacial score (nSPS) is 10.2. The van der Waals surface area contributed by atoms with Crippen LogP contribution in [0.15, 0.2) is 34.7 Å². The van der Waals surface area contributed by atoms with Crippen LogP contribution in [0.25, 0.3) is 5.13 Å². The van der Waals surface area contributed by atoms with E-state index in [4.69, 9.17) is 0 Å². The third-order valence-corrected chi connectivity index (χ3v) is 2.53. The Kier molecular flexibility index (Phi) is 1.98. The van der Waals surface area contributed by atoms with E-state index in [2.05, 4.69) is 4.98 Å². The molecule has 0 N–H and O–H groups in total. The van der Waals surface area contributed by atoms with Crippen LogP contribution in [-0.4, -0.2) is 9.55 Å². The third kappa shape index (κ3) is 1.40. The van der Waals surface area contributed by atoms with Crippen molar-refractivity contribution in [1.82, 2.24) is 9.55 Å². The van der Waals surface area contributed by atoms with Crippen molar-refractivity contribution in [2.75, 3.05) is 0 Å². The highest BCUT2D eigenvalue weighted by molar-refractivity contribution is 7.12. The zero-order valence-corrected chi connectivity index (χ0v) is 7.91.